The van der Waals surface area contributed by atoms with Crippen molar-refractivity contribution in [3.05, 3.63) is 11.9 Å². The van der Waals surface area contributed by atoms with Gasteiger partial charge in [0.25, 0.3) is 6.43 Å². The van der Waals surface area contributed by atoms with Crippen LogP contribution in [0.1, 0.15) is 12.1 Å². The highest BCUT2D eigenvalue weighted by Gasteiger charge is 2.28. The highest BCUT2D eigenvalue weighted by atomic mass is 32.2. The van der Waals surface area contributed by atoms with Crippen LogP contribution in [0.15, 0.2) is 11.1 Å². The number of methoxy groups -OCH3 is 1. The van der Waals surface area contributed by atoms with E-state index >= 15 is 0 Å². The first kappa shape index (κ1) is 12.6. The molecule has 6 nitrogen and oxygen atoms in total. The lowest BCUT2D eigenvalue weighted by molar-refractivity contribution is 0.141. The van der Waals surface area contributed by atoms with Crippen molar-refractivity contribution in [3.63, 3.8) is 0 Å². The number of primary sulfonamides is 1. The zero-order chi connectivity index (χ0) is 12.5. The van der Waals surface area contributed by atoms with E-state index in [4.69, 9.17) is 10.9 Å². The van der Waals surface area contributed by atoms with Crippen LogP contribution in [-0.4, -0.2) is 20.5 Å². The number of hydrogen-bond donors (Lipinski definition) is 2. The molecule has 0 aliphatic carbocycles. The number of ether oxygens (including phenoxy) is 1. The Labute approximate surface area is 90.3 Å². The van der Waals surface area contributed by atoms with Crippen molar-refractivity contribution in [2.24, 2.45) is 5.14 Å². The smallest absolute Gasteiger partial charge is 0.281 e. The topological polar surface area (TPSA) is 108 Å². The van der Waals surface area contributed by atoms with Gasteiger partial charge in [0.2, 0.25) is 10.0 Å². The van der Waals surface area contributed by atoms with Crippen LogP contribution in [0.2, 0.25) is 0 Å². The largest absolute Gasteiger partial charge is 0.493 e. The number of rotatable bonds is 3. The van der Waals surface area contributed by atoms with Gasteiger partial charge >= 0.3 is 0 Å². The first-order chi connectivity index (χ1) is 7.29. The van der Waals surface area contributed by atoms with E-state index < -0.39 is 32.8 Å². The summed E-state index contributed by atoms with van der Waals surface area (Å²) >= 11 is 0. The van der Waals surface area contributed by atoms with Gasteiger partial charge in [-0.2, -0.15) is 0 Å². The normalized spacial score (nSPS) is 11.8. The first-order valence-corrected chi connectivity index (χ1v) is 5.47. The van der Waals surface area contributed by atoms with Gasteiger partial charge in [-0.15, -0.1) is 0 Å². The molecule has 0 amide bonds. The maximum atomic E-state index is 12.5. The lowest BCUT2D eigenvalue weighted by Crippen LogP contribution is -2.18. The fourth-order valence-corrected chi connectivity index (χ4v) is 2.04. The van der Waals surface area contributed by atoms with E-state index in [1.54, 1.807) is 0 Å². The molecule has 0 aromatic carbocycles. The molecule has 0 atom stereocenters. The van der Waals surface area contributed by atoms with E-state index in [-0.39, 0.29) is 5.69 Å². The Morgan fingerprint density at radius 2 is 2.06 bits per heavy atom. The Balaban J connectivity index is 3.68. The van der Waals surface area contributed by atoms with Crippen molar-refractivity contribution in [3.8, 4) is 5.75 Å². The summed E-state index contributed by atoms with van der Waals surface area (Å²) in [4.78, 5) is 2.35. The van der Waals surface area contributed by atoms with Gasteiger partial charge in [0, 0.05) is 0 Å². The molecule has 1 aromatic heterocycles. The van der Waals surface area contributed by atoms with Crippen molar-refractivity contribution < 1.29 is 21.9 Å². The number of anilines is 1. The second kappa shape index (κ2) is 4.18. The Morgan fingerprint density at radius 3 is 2.44 bits per heavy atom. The molecule has 90 valence electrons. The third-order valence-corrected chi connectivity index (χ3v) is 2.70. The van der Waals surface area contributed by atoms with E-state index in [9.17, 15) is 17.2 Å². The number of sulfonamides is 1. The number of halogens is 2. The van der Waals surface area contributed by atoms with Crippen molar-refractivity contribution in [2.75, 3.05) is 12.8 Å². The molecule has 0 saturated heterocycles. The van der Waals surface area contributed by atoms with Gasteiger partial charge in [0.1, 0.15) is 5.69 Å². The lowest BCUT2D eigenvalue weighted by atomic mass is 10.3. The fraction of sp³-hybridized carbons (Fsp3) is 0.286. The Morgan fingerprint density at radius 1 is 1.50 bits per heavy atom. The predicted octanol–water partition coefficient (Wildman–Crippen LogP) is 0.257. The van der Waals surface area contributed by atoms with Gasteiger partial charge in [0.15, 0.2) is 10.6 Å². The minimum absolute atomic E-state index is 0.184. The Hall–Kier alpha value is -1.48. The van der Waals surface area contributed by atoms with Crippen molar-refractivity contribution in [1.82, 2.24) is 4.98 Å². The maximum Gasteiger partial charge on any atom is 0.281 e. The van der Waals surface area contributed by atoms with E-state index in [1.807, 2.05) is 0 Å². The van der Waals surface area contributed by atoms with Gasteiger partial charge in [-0.05, 0) is 0 Å². The summed E-state index contributed by atoms with van der Waals surface area (Å²) in [5.41, 5.74) is 4.18. The van der Waals surface area contributed by atoms with Crippen LogP contribution >= 0.6 is 0 Å². The highest BCUT2D eigenvalue weighted by Crippen LogP contribution is 2.35. The van der Waals surface area contributed by atoms with Crippen LogP contribution in [0.3, 0.4) is 0 Å². The molecule has 1 aromatic rings. The van der Waals surface area contributed by atoms with E-state index in [0.717, 1.165) is 13.3 Å². The SMILES string of the molecule is COc1c(N)cnc(C(F)F)c1S(N)(=O)=O. The molecule has 0 bridgehead atoms. The third kappa shape index (κ3) is 2.19. The lowest BCUT2D eigenvalue weighted by Gasteiger charge is -2.12. The number of hydrogen-bond acceptors (Lipinski definition) is 5. The van der Waals surface area contributed by atoms with Crippen LogP contribution in [0.4, 0.5) is 14.5 Å². The number of nitrogens with zero attached hydrogens (tertiary/aromatic N) is 1. The highest BCUT2D eigenvalue weighted by molar-refractivity contribution is 7.89. The molecule has 0 spiro atoms. The summed E-state index contributed by atoms with van der Waals surface area (Å²) in [7, 11) is -3.30. The van der Waals surface area contributed by atoms with E-state index in [0.29, 0.717) is 0 Å². The molecule has 1 heterocycles. The number of pyridine rings is 1. The second-order valence-corrected chi connectivity index (χ2v) is 4.31. The van der Waals surface area contributed by atoms with Crippen LogP contribution in [0.5, 0.6) is 5.75 Å². The molecule has 0 unspecified atom stereocenters. The van der Waals surface area contributed by atoms with Crippen molar-refractivity contribution in [2.45, 2.75) is 11.3 Å². The molecular formula is C7H9F2N3O3S. The first-order valence-electron chi connectivity index (χ1n) is 3.92. The molecule has 1 rings (SSSR count). The second-order valence-electron chi connectivity index (χ2n) is 2.81. The summed E-state index contributed by atoms with van der Waals surface area (Å²) < 4.78 is 52.0. The quantitative estimate of drug-likeness (QED) is 0.803. The minimum atomic E-state index is -4.39. The zero-order valence-electron chi connectivity index (χ0n) is 8.15. The van der Waals surface area contributed by atoms with Crippen LogP contribution in [-0.2, 0) is 10.0 Å². The number of alkyl halides is 2. The average Bonchev–Trinajstić information content (AvgIpc) is 2.15. The third-order valence-electron chi connectivity index (χ3n) is 1.74. The number of nitrogens with two attached hydrogens (primary N) is 2. The summed E-state index contributed by atoms with van der Waals surface area (Å²) in [5, 5.41) is 4.80. The average molecular weight is 253 g/mol. The van der Waals surface area contributed by atoms with Gasteiger partial charge in [0.05, 0.1) is 19.0 Å². The zero-order valence-corrected chi connectivity index (χ0v) is 8.96. The summed E-state index contributed by atoms with van der Waals surface area (Å²) in [6.07, 6.45) is -2.21. The molecule has 0 saturated carbocycles. The molecule has 16 heavy (non-hydrogen) atoms. The Bertz CT molecular complexity index is 504. The molecule has 0 fully saturated rings. The van der Waals surface area contributed by atoms with Crippen molar-refractivity contribution >= 4 is 15.7 Å². The molecule has 0 radical (unpaired) electrons. The van der Waals surface area contributed by atoms with Crippen LogP contribution < -0.4 is 15.6 Å². The Kier molecular flexibility index (Phi) is 3.29. The van der Waals surface area contributed by atoms with E-state index in [2.05, 4.69) is 9.72 Å². The molecule has 0 aliphatic heterocycles. The fourth-order valence-electron chi connectivity index (χ4n) is 1.14. The number of aromatic nitrogens is 1. The van der Waals surface area contributed by atoms with Crippen LogP contribution in [0.25, 0.3) is 0 Å². The molecule has 4 N–H and O–H groups in total. The van der Waals surface area contributed by atoms with Gasteiger partial charge in [-0.1, -0.05) is 0 Å². The molecular weight excluding hydrogens is 244 g/mol. The van der Waals surface area contributed by atoms with Gasteiger partial charge in [-0.25, -0.2) is 22.3 Å². The van der Waals surface area contributed by atoms with Gasteiger partial charge in [-0.3, -0.25) is 4.98 Å². The van der Waals surface area contributed by atoms with Crippen LogP contribution in [0, 0.1) is 0 Å². The molecule has 9 heteroatoms. The monoisotopic (exact) mass is 253 g/mol. The summed E-state index contributed by atoms with van der Waals surface area (Å²) in [6.45, 7) is 0. The van der Waals surface area contributed by atoms with Crippen molar-refractivity contribution in [1.29, 1.82) is 0 Å². The summed E-state index contributed by atoms with van der Waals surface area (Å²) in [6, 6.07) is 0. The number of nitrogen functional groups attached to an aromatic ring is 1. The predicted molar refractivity (Wildman–Crippen MR) is 51.5 cm³/mol. The minimum Gasteiger partial charge on any atom is -0.493 e. The molecule has 0 aliphatic rings. The van der Waals surface area contributed by atoms with E-state index in [1.165, 1.54) is 0 Å². The standard InChI is InChI=1S/C7H9F2N3O3S/c1-15-5-3(10)2-12-4(7(8)9)6(5)16(11,13)14/h2,7H,10H2,1H3,(H2,11,13,14). The summed E-state index contributed by atoms with van der Waals surface area (Å²) in [5.74, 6) is -0.423. The maximum absolute atomic E-state index is 12.5. The van der Waals surface area contributed by atoms with Gasteiger partial charge < -0.3 is 10.5 Å².